The molecule has 0 spiro atoms. The SMILES string of the molecule is O=C(NCCS(=O)(=O)NCc1cccnc1)OCc1ccccc1. The van der Waals surface area contributed by atoms with E-state index in [1.54, 1.807) is 24.5 Å². The minimum absolute atomic E-state index is 0.0317. The third kappa shape index (κ3) is 6.76. The van der Waals surface area contributed by atoms with Crippen LogP contribution in [0.5, 0.6) is 0 Å². The van der Waals surface area contributed by atoms with Crippen LogP contribution >= 0.6 is 0 Å². The zero-order chi connectivity index (χ0) is 17.3. The molecule has 0 bridgehead atoms. The van der Waals surface area contributed by atoms with E-state index >= 15 is 0 Å². The fourth-order valence-corrected chi connectivity index (χ4v) is 2.73. The maximum atomic E-state index is 11.8. The van der Waals surface area contributed by atoms with Crippen LogP contribution in [0.2, 0.25) is 0 Å². The van der Waals surface area contributed by atoms with Crippen LogP contribution < -0.4 is 10.0 Å². The van der Waals surface area contributed by atoms with E-state index in [0.29, 0.717) is 0 Å². The average Bonchev–Trinajstić information content (AvgIpc) is 2.60. The number of aromatic nitrogens is 1. The Hall–Kier alpha value is -2.45. The molecule has 0 aliphatic carbocycles. The summed E-state index contributed by atoms with van der Waals surface area (Å²) in [6.07, 6.45) is 2.55. The van der Waals surface area contributed by atoms with Gasteiger partial charge in [-0.2, -0.15) is 0 Å². The Labute approximate surface area is 141 Å². The average molecular weight is 349 g/mol. The van der Waals surface area contributed by atoms with E-state index in [1.807, 2.05) is 30.3 Å². The highest BCUT2D eigenvalue weighted by molar-refractivity contribution is 7.89. The van der Waals surface area contributed by atoms with Gasteiger partial charge in [0.2, 0.25) is 10.0 Å². The summed E-state index contributed by atoms with van der Waals surface area (Å²) in [5, 5.41) is 2.41. The van der Waals surface area contributed by atoms with Gasteiger partial charge >= 0.3 is 6.09 Å². The zero-order valence-corrected chi connectivity index (χ0v) is 13.8. The smallest absolute Gasteiger partial charge is 0.407 e. The van der Waals surface area contributed by atoms with Crippen molar-refractivity contribution in [1.29, 1.82) is 0 Å². The number of alkyl carbamates (subject to hydrolysis) is 1. The molecule has 2 aromatic rings. The highest BCUT2D eigenvalue weighted by Crippen LogP contribution is 2.00. The molecule has 0 saturated heterocycles. The quantitative estimate of drug-likeness (QED) is 0.751. The van der Waals surface area contributed by atoms with Crippen molar-refractivity contribution in [1.82, 2.24) is 15.0 Å². The molecule has 1 aromatic heterocycles. The summed E-state index contributed by atoms with van der Waals surface area (Å²) in [4.78, 5) is 15.4. The monoisotopic (exact) mass is 349 g/mol. The number of pyridine rings is 1. The van der Waals surface area contributed by atoms with Crippen LogP contribution in [0.3, 0.4) is 0 Å². The molecule has 1 amide bonds. The first kappa shape index (κ1) is 17.9. The third-order valence-corrected chi connectivity index (χ3v) is 4.40. The summed E-state index contributed by atoms with van der Waals surface area (Å²) in [5.74, 6) is -0.228. The number of hydrogen-bond donors (Lipinski definition) is 2. The molecule has 24 heavy (non-hydrogen) atoms. The Morgan fingerprint density at radius 1 is 1.08 bits per heavy atom. The van der Waals surface area contributed by atoms with Gasteiger partial charge in [0.1, 0.15) is 6.61 Å². The summed E-state index contributed by atoms with van der Waals surface area (Å²) >= 11 is 0. The van der Waals surface area contributed by atoms with Crippen LogP contribution in [0.25, 0.3) is 0 Å². The van der Waals surface area contributed by atoms with Crippen molar-refractivity contribution in [3.8, 4) is 0 Å². The van der Waals surface area contributed by atoms with Gasteiger partial charge in [0, 0.05) is 25.5 Å². The predicted octanol–water partition coefficient (Wildman–Crippen LogP) is 1.43. The highest BCUT2D eigenvalue weighted by atomic mass is 32.2. The van der Waals surface area contributed by atoms with Crippen LogP contribution in [0.15, 0.2) is 54.9 Å². The molecule has 2 rings (SSSR count). The van der Waals surface area contributed by atoms with Crippen LogP contribution in [0.4, 0.5) is 4.79 Å². The molecule has 8 heteroatoms. The zero-order valence-electron chi connectivity index (χ0n) is 13.0. The fraction of sp³-hybridized carbons (Fsp3) is 0.250. The van der Waals surface area contributed by atoms with Gasteiger partial charge in [0.05, 0.1) is 5.75 Å². The summed E-state index contributed by atoms with van der Waals surface area (Å²) < 4.78 is 31.1. The van der Waals surface area contributed by atoms with Crippen molar-refractivity contribution < 1.29 is 17.9 Å². The number of nitrogens with zero attached hydrogens (tertiary/aromatic N) is 1. The molecule has 2 N–H and O–H groups in total. The fourth-order valence-electron chi connectivity index (χ4n) is 1.83. The second kappa shape index (κ2) is 8.99. The Bertz CT molecular complexity index is 736. The van der Waals surface area contributed by atoms with Gasteiger partial charge in [-0.05, 0) is 17.2 Å². The van der Waals surface area contributed by atoms with E-state index in [9.17, 15) is 13.2 Å². The second-order valence-electron chi connectivity index (χ2n) is 4.99. The second-order valence-corrected chi connectivity index (χ2v) is 6.92. The number of nitrogens with one attached hydrogen (secondary N) is 2. The van der Waals surface area contributed by atoms with E-state index in [1.165, 1.54) is 0 Å². The van der Waals surface area contributed by atoms with E-state index in [4.69, 9.17) is 4.74 Å². The summed E-state index contributed by atoms with van der Waals surface area (Å²) in [5.41, 5.74) is 1.62. The van der Waals surface area contributed by atoms with Crippen molar-refractivity contribution in [3.05, 3.63) is 66.0 Å². The molecule has 0 aliphatic rings. The van der Waals surface area contributed by atoms with Crippen molar-refractivity contribution in [2.75, 3.05) is 12.3 Å². The van der Waals surface area contributed by atoms with Gasteiger partial charge in [0.15, 0.2) is 0 Å². The van der Waals surface area contributed by atoms with E-state index in [-0.39, 0.29) is 25.4 Å². The summed E-state index contributed by atoms with van der Waals surface area (Å²) in [6.45, 7) is 0.267. The first-order valence-electron chi connectivity index (χ1n) is 7.36. The lowest BCUT2D eigenvalue weighted by Gasteiger charge is -2.09. The maximum absolute atomic E-state index is 11.8. The molecular formula is C16H19N3O4S. The number of sulfonamides is 1. The number of rotatable bonds is 8. The lowest BCUT2D eigenvalue weighted by Crippen LogP contribution is -2.34. The topological polar surface area (TPSA) is 97.4 Å². The Kier molecular flexibility index (Phi) is 6.71. The molecule has 1 aromatic carbocycles. The Morgan fingerprint density at radius 2 is 1.83 bits per heavy atom. The molecule has 1 heterocycles. The molecule has 0 saturated carbocycles. The van der Waals surface area contributed by atoms with Crippen LogP contribution in [0.1, 0.15) is 11.1 Å². The molecule has 0 unspecified atom stereocenters. The van der Waals surface area contributed by atoms with Gasteiger partial charge < -0.3 is 10.1 Å². The van der Waals surface area contributed by atoms with Crippen molar-refractivity contribution in [2.45, 2.75) is 13.2 Å². The standard InChI is InChI=1S/C16H19N3O4S/c20-16(23-13-14-5-2-1-3-6-14)18-9-10-24(21,22)19-12-15-7-4-8-17-11-15/h1-8,11,19H,9-10,12-13H2,(H,18,20). The van der Waals surface area contributed by atoms with Crippen molar-refractivity contribution in [2.24, 2.45) is 0 Å². The first-order valence-corrected chi connectivity index (χ1v) is 9.01. The van der Waals surface area contributed by atoms with Gasteiger partial charge in [-0.15, -0.1) is 0 Å². The third-order valence-electron chi connectivity index (χ3n) is 3.07. The highest BCUT2D eigenvalue weighted by Gasteiger charge is 2.11. The van der Waals surface area contributed by atoms with Gasteiger partial charge in [-0.1, -0.05) is 36.4 Å². The molecule has 0 fully saturated rings. The largest absolute Gasteiger partial charge is 0.445 e. The van der Waals surface area contributed by atoms with Gasteiger partial charge in [-0.3, -0.25) is 4.98 Å². The lowest BCUT2D eigenvalue weighted by molar-refractivity contribution is 0.140. The maximum Gasteiger partial charge on any atom is 0.407 e. The van der Waals surface area contributed by atoms with E-state index in [2.05, 4.69) is 15.0 Å². The molecule has 128 valence electrons. The normalized spacial score (nSPS) is 11.0. The molecular weight excluding hydrogens is 330 g/mol. The molecule has 0 aliphatic heterocycles. The summed E-state index contributed by atoms with van der Waals surface area (Å²) in [7, 11) is -3.49. The number of hydrogen-bond acceptors (Lipinski definition) is 5. The van der Waals surface area contributed by atoms with Gasteiger partial charge in [0.25, 0.3) is 0 Å². The number of carbonyl (C=O) groups is 1. The predicted molar refractivity (Wildman–Crippen MR) is 89.5 cm³/mol. The van der Waals surface area contributed by atoms with E-state index < -0.39 is 16.1 Å². The lowest BCUT2D eigenvalue weighted by atomic mass is 10.2. The minimum atomic E-state index is -3.49. The molecule has 7 nitrogen and oxygen atoms in total. The number of ether oxygens (including phenoxy) is 1. The van der Waals surface area contributed by atoms with Crippen molar-refractivity contribution >= 4 is 16.1 Å². The van der Waals surface area contributed by atoms with E-state index in [0.717, 1.165) is 11.1 Å². The number of benzene rings is 1. The Balaban J connectivity index is 1.65. The van der Waals surface area contributed by atoms with Crippen LogP contribution in [0, 0.1) is 0 Å². The van der Waals surface area contributed by atoms with Gasteiger partial charge in [-0.25, -0.2) is 17.9 Å². The van der Waals surface area contributed by atoms with Crippen LogP contribution in [-0.4, -0.2) is 31.8 Å². The number of carbonyl (C=O) groups excluding carboxylic acids is 1. The summed E-state index contributed by atoms with van der Waals surface area (Å²) in [6, 6.07) is 12.7. The minimum Gasteiger partial charge on any atom is -0.445 e. The first-order chi connectivity index (χ1) is 11.6. The van der Waals surface area contributed by atoms with Crippen molar-refractivity contribution in [3.63, 3.8) is 0 Å². The Morgan fingerprint density at radius 3 is 2.54 bits per heavy atom. The molecule has 0 atom stereocenters. The number of amides is 1. The molecule has 0 radical (unpaired) electrons. The van der Waals surface area contributed by atoms with Crippen LogP contribution in [-0.2, 0) is 27.9 Å².